The van der Waals surface area contributed by atoms with Crippen LogP contribution >= 0.6 is 0 Å². The van der Waals surface area contributed by atoms with E-state index in [1.54, 1.807) is 0 Å². The third-order valence-electron chi connectivity index (χ3n) is 2.39. The molecule has 0 radical (unpaired) electrons. The monoisotopic (exact) mass is 205 g/mol. The number of hydrogen-bond acceptors (Lipinski definition) is 2. The Morgan fingerprint density at radius 1 is 1.40 bits per heavy atom. The summed E-state index contributed by atoms with van der Waals surface area (Å²) < 4.78 is 0. The highest BCUT2D eigenvalue weighted by atomic mass is 16.2. The Morgan fingerprint density at radius 2 is 2.07 bits per heavy atom. The minimum Gasteiger partial charge on any atom is -0.299 e. The summed E-state index contributed by atoms with van der Waals surface area (Å²) in [6.45, 7) is 2.07. The summed E-state index contributed by atoms with van der Waals surface area (Å²) in [4.78, 5) is 21.0. The zero-order valence-corrected chi connectivity index (χ0v) is 8.77. The molecule has 80 valence electrons. The molecule has 1 unspecified atom stereocenters. The van der Waals surface area contributed by atoms with Crippen LogP contribution in [0.5, 0.6) is 0 Å². The summed E-state index contributed by atoms with van der Waals surface area (Å²) in [5.74, 6) is 0.122. The Labute approximate surface area is 89.5 Å². The summed E-state index contributed by atoms with van der Waals surface area (Å²) in [5, 5.41) is 2.13. The van der Waals surface area contributed by atoms with E-state index in [1.807, 2.05) is 30.3 Å². The summed E-state index contributed by atoms with van der Waals surface area (Å²) >= 11 is 0. The lowest BCUT2D eigenvalue weighted by molar-refractivity contribution is -0.125. The van der Waals surface area contributed by atoms with Crippen molar-refractivity contribution in [1.29, 1.82) is 0 Å². The largest absolute Gasteiger partial charge is 0.299 e. The Morgan fingerprint density at radius 3 is 2.67 bits per heavy atom. The van der Waals surface area contributed by atoms with Crippen molar-refractivity contribution in [3.05, 3.63) is 35.9 Å². The van der Waals surface area contributed by atoms with Crippen LogP contribution in [0.1, 0.15) is 31.2 Å². The Balaban J connectivity index is 2.40. The normalized spacial score (nSPS) is 11.8. The second-order valence-electron chi connectivity index (χ2n) is 3.54. The molecule has 1 aromatic rings. The molecule has 15 heavy (non-hydrogen) atoms. The van der Waals surface area contributed by atoms with Gasteiger partial charge >= 0.3 is 0 Å². The lowest BCUT2D eigenvalue weighted by atomic mass is 9.96. The average molecular weight is 205 g/mol. The van der Waals surface area contributed by atoms with Crippen LogP contribution in [0, 0.1) is 0 Å². The predicted molar refractivity (Wildman–Crippen MR) is 58.3 cm³/mol. The van der Waals surface area contributed by atoms with E-state index < -0.39 is 0 Å². The molecule has 0 heterocycles. The van der Waals surface area contributed by atoms with Crippen molar-refractivity contribution in [2.75, 3.05) is 0 Å². The first-order chi connectivity index (χ1) is 7.24. The van der Waals surface area contributed by atoms with Gasteiger partial charge in [0.25, 0.3) is 0 Å². The molecule has 1 rings (SSSR count). The van der Waals surface area contributed by atoms with Crippen molar-refractivity contribution >= 4 is 12.3 Å². The smallest absolute Gasteiger partial charge is 0.226 e. The van der Waals surface area contributed by atoms with Crippen LogP contribution < -0.4 is 5.32 Å². The number of benzene rings is 1. The maximum atomic E-state index is 11.0. The summed E-state index contributed by atoms with van der Waals surface area (Å²) in [6.07, 6.45) is 1.56. The van der Waals surface area contributed by atoms with Gasteiger partial charge in [-0.1, -0.05) is 37.3 Å². The molecule has 1 atom stereocenters. The Hall–Kier alpha value is -1.64. The minimum absolute atomic E-state index is 0.215. The zero-order valence-electron chi connectivity index (χ0n) is 8.77. The first kappa shape index (κ1) is 11.4. The maximum Gasteiger partial charge on any atom is 0.226 e. The molecule has 1 aromatic carbocycles. The van der Waals surface area contributed by atoms with E-state index in [-0.39, 0.29) is 5.91 Å². The minimum atomic E-state index is -0.215. The number of carbonyl (C=O) groups is 2. The zero-order chi connectivity index (χ0) is 11.1. The number of hydrogen-bond donors (Lipinski definition) is 1. The van der Waals surface area contributed by atoms with Gasteiger partial charge in [-0.05, 0) is 17.9 Å². The van der Waals surface area contributed by atoms with Gasteiger partial charge in [-0.25, -0.2) is 0 Å². The highest BCUT2D eigenvalue weighted by Crippen LogP contribution is 2.19. The van der Waals surface area contributed by atoms with Gasteiger partial charge in [0.2, 0.25) is 12.3 Å². The van der Waals surface area contributed by atoms with E-state index in [1.165, 1.54) is 5.56 Å². The van der Waals surface area contributed by atoms with Crippen LogP contribution in [0.3, 0.4) is 0 Å². The molecule has 0 aliphatic rings. The predicted octanol–water partition coefficient (Wildman–Crippen LogP) is 1.84. The van der Waals surface area contributed by atoms with Gasteiger partial charge in [-0.2, -0.15) is 0 Å². The fourth-order valence-electron chi connectivity index (χ4n) is 1.43. The van der Waals surface area contributed by atoms with Gasteiger partial charge in [-0.3, -0.25) is 14.9 Å². The Bertz CT molecular complexity index is 322. The SMILES string of the molecule is CC(CCC(=O)NC=O)c1ccccc1. The quantitative estimate of drug-likeness (QED) is 0.745. The van der Waals surface area contributed by atoms with Crippen molar-refractivity contribution < 1.29 is 9.59 Å². The number of nitrogens with one attached hydrogen (secondary N) is 1. The van der Waals surface area contributed by atoms with Gasteiger partial charge in [0, 0.05) is 6.42 Å². The van der Waals surface area contributed by atoms with E-state index in [2.05, 4.69) is 12.2 Å². The Kier molecular flexibility index (Phi) is 4.54. The van der Waals surface area contributed by atoms with E-state index in [9.17, 15) is 9.59 Å². The van der Waals surface area contributed by atoms with Crippen molar-refractivity contribution in [2.24, 2.45) is 0 Å². The van der Waals surface area contributed by atoms with Gasteiger partial charge < -0.3 is 0 Å². The molecule has 0 saturated heterocycles. The van der Waals surface area contributed by atoms with Crippen molar-refractivity contribution in [3.63, 3.8) is 0 Å². The summed E-state index contributed by atoms with van der Waals surface area (Å²) in [6, 6.07) is 10.0. The summed E-state index contributed by atoms with van der Waals surface area (Å²) in [7, 11) is 0. The topological polar surface area (TPSA) is 46.2 Å². The second-order valence-corrected chi connectivity index (χ2v) is 3.54. The van der Waals surface area contributed by atoms with Crippen LogP contribution in [0.4, 0.5) is 0 Å². The van der Waals surface area contributed by atoms with Gasteiger partial charge in [0.1, 0.15) is 0 Å². The molecule has 0 bridgehead atoms. The molecule has 0 spiro atoms. The third kappa shape index (κ3) is 3.94. The molecular formula is C12H15NO2. The second kappa shape index (κ2) is 5.96. The van der Waals surface area contributed by atoms with Gasteiger partial charge in [-0.15, -0.1) is 0 Å². The van der Waals surface area contributed by atoms with Crippen LogP contribution in [-0.2, 0) is 9.59 Å². The lowest BCUT2D eigenvalue weighted by Gasteiger charge is -2.10. The molecule has 0 aromatic heterocycles. The van der Waals surface area contributed by atoms with E-state index in [4.69, 9.17) is 0 Å². The number of carbonyl (C=O) groups excluding carboxylic acids is 2. The molecule has 0 saturated carbocycles. The lowest BCUT2D eigenvalue weighted by Crippen LogP contribution is -2.21. The molecule has 0 fully saturated rings. The molecule has 2 amide bonds. The van der Waals surface area contributed by atoms with Crippen molar-refractivity contribution in [1.82, 2.24) is 5.32 Å². The van der Waals surface area contributed by atoms with Gasteiger partial charge in [0.05, 0.1) is 0 Å². The number of amides is 2. The fourth-order valence-corrected chi connectivity index (χ4v) is 1.43. The van der Waals surface area contributed by atoms with Crippen LogP contribution in [-0.4, -0.2) is 12.3 Å². The number of imide groups is 1. The molecule has 3 nitrogen and oxygen atoms in total. The molecule has 0 aliphatic carbocycles. The first-order valence-electron chi connectivity index (χ1n) is 5.02. The van der Waals surface area contributed by atoms with Crippen LogP contribution in [0.2, 0.25) is 0 Å². The van der Waals surface area contributed by atoms with E-state index in [0.29, 0.717) is 18.7 Å². The standard InChI is InChI=1S/C12H15NO2/c1-10(7-8-12(15)13-9-14)11-5-3-2-4-6-11/h2-6,9-10H,7-8H2,1H3,(H,13,14,15). The molecule has 0 aliphatic heterocycles. The molecule has 3 heteroatoms. The van der Waals surface area contributed by atoms with Crippen LogP contribution in [0.25, 0.3) is 0 Å². The average Bonchev–Trinajstić information content (AvgIpc) is 2.27. The molecule has 1 N–H and O–H groups in total. The third-order valence-corrected chi connectivity index (χ3v) is 2.39. The highest BCUT2D eigenvalue weighted by molar-refractivity contribution is 5.85. The van der Waals surface area contributed by atoms with E-state index in [0.717, 1.165) is 6.42 Å². The summed E-state index contributed by atoms with van der Waals surface area (Å²) in [5.41, 5.74) is 1.22. The fraction of sp³-hybridized carbons (Fsp3) is 0.333. The van der Waals surface area contributed by atoms with Crippen molar-refractivity contribution in [3.8, 4) is 0 Å². The van der Waals surface area contributed by atoms with Crippen molar-refractivity contribution in [2.45, 2.75) is 25.7 Å². The van der Waals surface area contributed by atoms with E-state index >= 15 is 0 Å². The van der Waals surface area contributed by atoms with Crippen LogP contribution in [0.15, 0.2) is 30.3 Å². The first-order valence-corrected chi connectivity index (χ1v) is 5.02. The number of rotatable bonds is 5. The highest BCUT2D eigenvalue weighted by Gasteiger charge is 2.07. The maximum absolute atomic E-state index is 11.0. The van der Waals surface area contributed by atoms with Gasteiger partial charge in [0.15, 0.2) is 0 Å². The molecular weight excluding hydrogens is 190 g/mol.